The summed E-state index contributed by atoms with van der Waals surface area (Å²) in [5.41, 5.74) is 3.24. The Labute approximate surface area is 112 Å². The number of para-hydroxylation sites is 1. The van der Waals surface area contributed by atoms with E-state index in [0.29, 0.717) is 0 Å². The summed E-state index contributed by atoms with van der Waals surface area (Å²) in [6.45, 7) is 3.99. The first kappa shape index (κ1) is 11.7. The fourth-order valence-electron chi connectivity index (χ4n) is 2.06. The Kier molecular flexibility index (Phi) is 2.88. The van der Waals surface area contributed by atoms with Crippen LogP contribution < -0.4 is 5.32 Å². The van der Waals surface area contributed by atoms with E-state index in [2.05, 4.69) is 46.5 Å². The molecule has 0 fully saturated rings. The lowest BCUT2D eigenvalue weighted by Gasteiger charge is -2.09. The highest BCUT2D eigenvalue weighted by Crippen LogP contribution is 2.23. The molecule has 0 radical (unpaired) electrons. The maximum absolute atomic E-state index is 4.50. The Morgan fingerprint density at radius 2 is 1.58 bits per heavy atom. The van der Waals surface area contributed by atoms with Gasteiger partial charge in [-0.2, -0.15) is 0 Å². The van der Waals surface area contributed by atoms with Crippen LogP contribution in [0.5, 0.6) is 0 Å². The lowest BCUT2D eigenvalue weighted by Crippen LogP contribution is -1.98. The van der Waals surface area contributed by atoms with Crippen molar-refractivity contribution < 1.29 is 0 Å². The van der Waals surface area contributed by atoms with Crippen molar-refractivity contribution in [3.8, 4) is 0 Å². The second-order valence-corrected chi connectivity index (χ2v) is 4.63. The van der Waals surface area contributed by atoms with E-state index >= 15 is 0 Å². The van der Waals surface area contributed by atoms with Crippen LogP contribution >= 0.6 is 0 Å². The Hall–Kier alpha value is -2.42. The van der Waals surface area contributed by atoms with Crippen molar-refractivity contribution in [3.63, 3.8) is 0 Å². The highest BCUT2D eigenvalue weighted by atomic mass is 15.0. The fraction of sp³-hybridized carbons (Fsp3) is 0.125. The first-order valence-corrected chi connectivity index (χ1v) is 6.29. The van der Waals surface area contributed by atoms with Gasteiger partial charge in [0.2, 0.25) is 0 Å². The third-order valence-corrected chi connectivity index (χ3v) is 3.03. The van der Waals surface area contributed by atoms with Gasteiger partial charge >= 0.3 is 0 Å². The van der Waals surface area contributed by atoms with Crippen LogP contribution in [0.15, 0.2) is 48.5 Å². The number of nitrogens with one attached hydrogen (secondary N) is 1. The Morgan fingerprint density at radius 1 is 0.842 bits per heavy atom. The van der Waals surface area contributed by atoms with Crippen LogP contribution in [-0.2, 0) is 0 Å². The standard InChI is InChI=1S/C16H15N3/c1-11-7-9-13(10-8-11)19-16-14-5-3-4-6-15(14)17-12(2)18-16/h3-10H,1-2H3,(H,17,18,19). The first-order chi connectivity index (χ1) is 9.22. The smallest absolute Gasteiger partial charge is 0.142 e. The van der Waals surface area contributed by atoms with Gasteiger partial charge in [-0.05, 0) is 38.1 Å². The molecule has 3 heteroatoms. The number of aryl methyl sites for hydroxylation is 2. The van der Waals surface area contributed by atoms with Crippen LogP contribution in [0.25, 0.3) is 10.9 Å². The average molecular weight is 249 g/mol. The largest absolute Gasteiger partial charge is 0.340 e. The zero-order valence-corrected chi connectivity index (χ0v) is 11.0. The van der Waals surface area contributed by atoms with E-state index in [-0.39, 0.29) is 0 Å². The molecule has 3 aromatic rings. The minimum atomic E-state index is 0.772. The quantitative estimate of drug-likeness (QED) is 0.746. The molecule has 1 N–H and O–H groups in total. The molecule has 0 aliphatic carbocycles. The second kappa shape index (κ2) is 4.69. The number of hydrogen-bond acceptors (Lipinski definition) is 3. The molecule has 0 unspecified atom stereocenters. The van der Waals surface area contributed by atoms with Gasteiger partial charge in [0.25, 0.3) is 0 Å². The lowest BCUT2D eigenvalue weighted by atomic mass is 10.2. The van der Waals surface area contributed by atoms with E-state index in [9.17, 15) is 0 Å². The molecule has 94 valence electrons. The van der Waals surface area contributed by atoms with Crippen LogP contribution in [0.2, 0.25) is 0 Å². The van der Waals surface area contributed by atoms with Gasteiger partial charge in [0, 0.05) is 11.1 Å². The zero-order valence-electron chi connectivity index (χ0n) is 11.0. The predicted molar refractivity (Wildman–Crippen MR) is 78.7 cm³/mol. The molecule has 19 heavy (non-hydrogen) atoms. The van der Waals surface area contributed by atoms with Gasteiger partial charge < -0.3 is 5.32 Å². The van der Waals surface area contributed by atoms with E-state index in [0.717, 1.165) is 28.2 Å². The van der Waals surface area contributed by atoms with E-state index in [1.54, 1.807) is 0 Å². The molecule has 3 nitrogen and oxygen atoms in total. The van der Waals surface area contributed by atoms with Crippen molar-refractivity contribution in [1.29, 1.82) is 0 Å². The maximum Gasteiger partial charge on any atom is 0.142 e. The van der Waals surface area contributed by atoms with E-state index in [1.165, 1.54) is 5.56 Å². The summed E-state index contributed by atoms with van der Waals surface area (Å²) in [7, 11) is 0. The Bertz CT molecular complexity index is 718. The molecule has 0 saturated heterocycles. The number of fused-ring (bicyclic) bond motifs is 1. The summed E-state index contributed by atoms with van der Waals surface area (Å²) >= 11 is 0. The molecule has 0 aliphatic rings. The van der Waals surface area contributed by atoms with Gasteiger partial charge in [0.05, 0.1) is 5.52 Å². The highest BCUT2D eigenvalue weighted by molar-refractivity contribution is 5.90. The van der Waals surface area contributed by atoms with Crippen molar-refractivity contribution in [2.45, 2.75) is 13.8 Å². The van der Waals surface area contributed by atoms with Crippen LogP contribution in [0.4, 0.5) is 11.5 Å². The lowest BCUT2D eigenvalue weighted by molar-refractivity contribution is 1.09. The van der Waals surface area contributed by atoms with Crippen LogP contribution in [0.3, 0.4) is 0 Å². The zero-order chi connectivity index (χ0) is 13.2. The van der Waals surface area contributed by atoms with Crippen molar-refractivity contribution in [3.05, 3.63) is 59.9 Å². The van der Waals surface area contributed by atoms with Gasteiger partial charge in [0.1, 0.15) is 11.6 Å². The number of nitrogens with zero attached hydrogens (tertiary/aromatic N) is 2. The van der Waals surface area contributed by atoms with Crippen LogP contribution in [0, 0.1) is 13.8 Å². The van der Waals surface area contributed by atoms with Gasteiger partial charge in [-0.1, -0.05) is 29.8 Å². The van der Waals surface area contributed by atoms with Crippen molar-refractivity contribution in [2.24, 2.45) is 0 Å². The van der Waals surface area contributed by atoms with E-state index < -0.39 is 0 Å². The molecule has 0 aliphatic heterocycles. The Morgan fingerprint density at radius 3 is 2.37 bits per heavy atom. The molecule has 0 spiro atoms. The minimum absolute atomic E-state index is 0.772. The van der Waals surface area contributed by atoms with Crippen molar-refractivity contribution in [1.82, 2.24) is 9.97 Å². The number of hydrogen-bond donors (Lipinski definition) is 1. The van der Waals surface area contributed by atoms with E-state index in [4.69, 9.17) is 0 Å². The van der Waals surface area contributed by atoms with Crippen LogP contribution in [0.1, 0.15) is 11.4 Å². The van der Waals surface area contributed by atoms with Crippen LogP contribution in [-0.4, -0.2) is 9.97 Å². The van der Waals surface area contributed by atoms with Gasteiger partial charge in [0.15, 0.2) is 0 Å². The molecule has 2 aromatic carbocycles. The van der Waals surface area contributed by atoms with Crippen molar-refractivity contribution in [2.75, 3.05) is 5.32 Å². The summed E-state index contributed by atoms with van der Waals surface area (Å²) in [6.07, 6.45) is 0. The maximum atomic E-state index is 4.50. The molecular formula is C16H15N3. The molecule has 0 amide bonds. The molecule has 1 aromatic heterocycles. The molecule has 0 atom stereocenters. The van der Waals surface area contributed by atoms with Gasteiger partial charge in [-0.3, -0.25) is 0 Å². The monoisotopic (exact) mass is 249 g/mol. The highest BCUT2D eigenvalue weighted by Gasteiger charge is 2.05. The second-order valence-electron chi connectivity index (χ2n) is 4.63. The number of benzene rings is 2. The fourth-order valence-corrected chi connectivity index (χ4v) is 2.06. The van der Waals surface area contributed by atoms with Crippen molar-refractivity contribution >= 4 is 22.4 Å². The average Bonchev–Trinajstić information content (AvgIpc) is 2.41. The van der Waals surface area contributed by atoms with E-state index in [1.807, 2.05) is 31.2 Å². The SMILES string of the molecule is Cc1ccc(Nc2nc(C)nc3ccccc23)cc1. The minimum Gasteiger partial charge on any atom is -0.340 e. The first-order valence-electron chi connectivity index (χ1n) is 6.29. The third kappa shape index (κ3) is 2.40. The summed E-state index contributed by atoms with van der Waals surface area (Å²) in [4.78, 5) is 8.94. The van der Waals surface area contributed by atoms with Gasteiger partial charge in [-0.15, -0.1) is 0 Å². The number of rotatable bonds is 2. The molecule has 3 rings (SSSR count). The predicted octanol–water partition coefficient (Wildman–Crippen LogP) is 3.99. The van der Waals surface area contributed by atoms with Gasteiger partial charge in [-0.25, -0.2) is 9.97 Å². The molecule has 0 saturated carbocycles. The summed E-state index contributed by atoms with van der Waals surface area (Å²) in [5.74, 6) is 1.63. The number of anilines is 2. The normalized spacial score (nSPS) is 10.6. The summed E-state index contributed by atoms with van der Waals surface area (Å²) in [6, 6.07) is 16.3. The summed E-state index contributed by atoms with van der Waals surface area (Å²) in [5, 5.41) is 4.40. The topological polar surface area (TPSA) is 37.8 Å². The number of aromatic nitrogens is 2. The Balaban J connectivity index is 2.07. The molecule has 0 bridgehead atoms. The molecular weight excluding hydrogens is 234 g/mol. The summed E-state index contributed by atoms with van der Waals surface area (Å²) < 4.78 is 0. The molecule has 1 heterocycles. The third-order valence-electron chi connectivity index (χ3n) is 3.03.